The van der Waals surface area contributed by atoms with Gasteiger partial charge in [-0.25, -0.2) is 9.59 Å². The third-order valence-corrected chi connectivity index (χ3v) is 15.0. The molecule has 73 heavy (non-hydrogen) atoms. The van der Waals surface area contributed by atoms with Crippen LogP contribution in [-0.4, -0.2) is 113 Å². The van der Waals surface area contributed by atoms with E-state index in [1.165, 1.54) is 40.2 Å². The number of aliphatic carboxylic acids is 2. The number of β-lactam (4-membered cyclic amide) rings is 2. The van der Waals surface area contributed by atoms with Gasteiger partial charge in [0.15, 0.2) is 0 Å². The number of hydrogen-bond donors (Lipinski definition) is 3. The molecule has 4 heterocycles. The van der Waals surface area contributed by atoms with E-state index in [0.717, 1.165) is 22.9 Å². The van der Waals surface area contributed by atoms with E-state index in [-0.39, 0.29) is 130 Å². The zero-order valence-electron chi connectivity index (χ0n) is 39.4. The number of ketones is 2. The number of hydrogen-bond acceptors (Lipinski definition) is 16. The Labute approximate surface area is 460 Å². The number of nitrogens with zero attached hydrogens (tertiary/aromatic N) is 2. The standard InChI is InChI=1S/C24H21NO5S2.C19H19NO6S.C7H6OS.CH2O3.Na/c26-18(11-15-7-3-1-4-8-15)12-19-21(27)25-20(23(28)29)17(13-31-22(19)25)14-32-24(30)16-9-5-2-6-10-16;1-11(21)26-9-13-10-27-18-15(17(23)20(18)16(13)19(24)25)8-14(22)7-12-5-3-2-4-6-12;8-7(9)6-4-2-1-3-5-6;2-1-4-3;/h1-10,19,22H,11-14H2,(H,28,29);2-6,15,18H,7-10H2,1H3,(H,24,25);1-5H,(H,8,9);1,3H;/q;;;;+1/p-1/t19-,22-;15-,18-;;;/m11.../s1. The van der Waals surface area contributed by atoms with E-state index < -0.39 is 29.7 Å². The fraction of sp³-hybridized carbons (Fsp3) is 0.255. The van der Waals surface area contributed by atoms with E-state index in [4.69, 9.17) is 14.8 Å². The van der Waals surface area contributed by atoms with Crippen LogP contribution in [-0.2, 0) is 60.8 Å². The molecule has 2 fully saturated rings. The molecule has 0 bridgehead atoms. The molecule has 376 valence electrons. The summed E-state index contributed by atoms with van der Waals surface area (Å²) in [5, 5.41) is 26.7. The van der Waals surface area contributed by atoms with Crippen LogP contribution in [0.5, 0.6) is 0 Å². The second-order valence-corrected chi connectivity index (χ2v) is 19.5. The van der Waals surface area contributed by atoms with Gasteiger partial charge in [-0.3, -0.25) is 48.2 Å². The summed E-state index contributed by atoms with van der Waals surface area (Å²) >= 11 is 7.53. The molecule has 0 aromatic heterocycles. The first-order valence-corrected chi connectivity index (χ1v) is 25.4. The Hall–Kier alpha value is -5.78. The number of fused-ring (bicyclic) bond motifs is 2. The number of thioether (sulfide) groups is 3. The first-order valence-electron chi connectivity index (χ1n) is 21.8. The number of carbonyl (C=O) groups excluding carboxylic acids is 8. The topological polar surface area (TPSA) is 259 Å². The third-order valence-electron chi connectivity index (χ3n) is 11.0. The number of esters is 1. The van der Waals surface area contributed by atoms with E-state index >= 15 is 0 Å². The van der Waals surface area contributed by atoms with E-state index in [9.17, 15) is 53.4 Å². The van der Waals surface area contributed by atoms with Gasteiger partial charge in [-0.15, -0.1) is 36.2 Å². The SMILES string of the molecule is CC(=O)OCC1=C(C(=O)O)N2C(=O)[C@@H](CC(=O)Cc3ccccc3)[C@H]2SC1.O=C(Cc1ccccc1)C[C@@H]1C(=O)N2C(C(=O)O)=C(CSC(=O)c3ccccc3)CS[C@H]12.O=C(S)c1ccccc1.O=CO[O-].[Na+]. The summed E-state index contributed by atoms with van der Waals surface area (Å²) < 4.78 is 4.90. The van der Waals surface area contributed by atoms with Gasteiger partial charge >= 0.3 is 47.5 Å². The number of Topliss-reactive ketones (excluding diaryl/α,β-unsaturated/α-hetero) is 2. The molecular formula is C51H47N2NaO15S4. The van der Waals surface area contributed by atoms with Crippen LogP contribution in [0.2, 0.25) is 0 Å². The van der Waals surface area contributed by atoms with Crippen LogP contribution in [0.1, 0.15) is 51.6 Å². The minimum absolute atomic E-state index is 0. The molecular weight excluding hydrogens is 1030 g/mol. The van der Waals surface area contributed by atoms with Crippen molar-refractivity contribution in [2.45, 2.75) is 43.4 Å². The van der Waals surface area contributed by atoms with Crippen molar-refractivity contribution in [2.75, 3.05) is 23.9 Å². The molecule has 4 aromatic rings. The maximum Gasteiger partial charge on any atom is 1.00 e. The Balaban J connectivity index is 0.000000254. The van der Waals surface area contributed by atoms with Crippen molar-refractivity contribution in [3.8, 4) is 0 Å². The van der Waals surface area contributed by atoms with Gasteiger partial charge in [0, 0.05) is 66.6 Å². The zero-order valence-corrected chi connectivity index (χ0v) is 44.7. The van der Waals surface area contributed by atoms with Crippen molar-refractivity contribution in [3.05, 3.63) is 166 Å². The molecule has 8 rings (SSSR count). The molecule has 0 unspecified atom stereocenters. The summed E-state index contributed by atoms with van der Waals surface area (Å²) in [5.74, 6) is -3.79. The van der Waals surface area contributed by atoms with Gasteiger partial charge in [0.2, 0.25) is 22.0 Å². The van der Waals surface area contributed by atoms with Crippen LogP contribution < -0.4 is 34.8 Å². The van der Waals surface area contributed by atoms with E-state index in [1.807, 2.05) is 84.9 Å². The van der Waals surface area contributed by atoms with Crippen LogP contribution in [0.15, 0.2) is 144 Å². The largest absolute Gasteiger partial charge is 1.00 e. The monoisotopic (exact) mass is 1080 g/mol. The molecule has 0 saturated carbocycles. The van der Waals surface area contributed by atoms with Crippen molar-refractivity contribution < 1.29 is 103 Å². The van der Waals surface area contributed by atoms with Crippen LogP contribution >= 0.6 is 47.9 Å². The van der Waals surface area contributed by atoms with E-state index in [0.29, 0.717) is 33.8 Å². The smallest absolute Gasteiger partial charge is 0.662 e. The van der Waals surface area contributed by atoms with Crippen molar-refractivity contribution in [1.82, 2.24) is 9.80 Å². The maximum atomic E-state index is 12.8. The van der Waals surface area contributed by atoms with Crippen LogP contribution in [0.4, 0.5) is 0 Å². The van der Waals surface area contributed by atoms with Gasteiger partial charge in [0.05, 0.1) is 22.6 Å². The van der Waals surface area contributed by atoms with E-state index in [1.54, 1.807) is 36.4 Å². The Morgan fingerprint density at radius 2 is 1.05 bits per heavy atom. The summed E-state index contributed by atoms with van der Waals surface area (Å²) in [6, 6.07) is 36.4. The average molecular weight is 1080 g/mol. The first-order chi connectivity index (χ1) is 34.6. The Kier molecular flexibility index (Phi) is 24.4. The fourth-order valence-electron chi connectivity index (χ4n) is 7.72. The summed E-state index contributed by atoms with van der Waals surface area (Å²) in [5.41, 5.74) is 3.74. The van der Waals surface area contributed by atoms with Gasteiger partial charge < -0.3 is 25.1 Å². The van der Waals surface area contributed by atoms with Gasteiger partial charge in [0.1, 0.15) is 29.6 Å². The molecule has 2 N–H and O–H groups in total. The quantitative estimate of drug-likeness (QED) is 0.0261. The number of rotatable bonds is 17. The van der Waals surface area contributed by atoms with Crippen LogP contribution in [0.25, 0.3) is 0 Å². The second-order valence-electron chi connectivity index (χ2n) is 15.9. The Morgan fingerprint density at radius 3 is 1.42 bits per heavy atom. The number of carbonyl (C=O) groups is 10. The second kappa shape index (κ2) is 29.8. The number of ether oxygens (including phenoxy) is 1. The maximum absolute atomic E-state index is 12.8. The van der Waals surface area contributed by atoms with Gasteiger partial charge in [-0.1, -0.05) is 133 Å². The van der Waals surface area contributed by atoms with Crippen LogP contribution in [0, 0.1) is 11.8 Å². The molecule has 0 radical (unpaired) electrons. The summed E-state index contributed by atoms with van der Waals surface area (Å²) in [6.07, 6.45) is 0.702. The van der Waals surface area contributed by atoms with Gasteiger partial charge in [-0.05, 0) is 16.7 Å². The predicted molar refractivity (Wildman–Crippen MR) is 269 cm³/mol. The Morgan fingerprint density at radius 1 is 0.671 bits per heavy atom. The normalized spacial score (nSPS) is 18.0. The molecule has 22 heteroatoms. The van der Waals surface area contributed by atoms with Crippen LogP contribution in [0.3, 0.4) is 0 Å². The van der Waals surface area contributed by atoms with Gasteiger partial charge in [-0.2, -0.15) is 0 Å². The summed E-state index contributed by atoms with van der Waals surface area (Å²) in [4.78, 5) is 121. The molecule has 4 aliphatic rings. The van der Waals surface area contributed by atoms with Crippen molar-refractivity contribution >= 4 is 106 Å². The molecule has 2 saturated heterocycles. The van der Waals surface area contributed by atoms with Crippen molar-refractivity contribution in [2.24, 2.45) is 11.8 Å². The van der Waals surface area contributed by atoms with E-state index in [2.05, 4.69) is 17.5 Å². The number of amides is 2. The molecule has 4 aromatic carbocycles. The Bertz CT molecular complexity index is 2710. The number of carboxylic acid groups (broad SMARTS) is 2. The molecule has 0 spiro atoms. The minimum atomic E-state index is -1.23. The summed E-state index contributed by atoms with van der Waals surface area (Å²) in [7, 11) is 0. The average Bonchev–Trinajstić information content (AvgIpc) is 3.38. The number of thiol groups is 1. The molecule has 4 aliphatic heterocycles. The molecule has 17 nitrogen and oxygen atoms in total. The number of benzene rings is 4. The van der Waals surface area contributed by atoms with Crippen molar-refractivity contribution in [1.29, 1.82) is 0 Å². The molecule has 0 aliphatic carbocycles. The third kappa shape index (κ3) is 16.9. The fourth-order valence-corrected chi connectivity index (χ4v) is 11.7. The number of carboxylic acids is 2. The summed E-state index contributed by atoms with van der Waals surface area (Å²) in [6.45, 7) is 0.904. The first kappa shape index (κ1) is 59.8. The minimum Gasteiger partial charge on any atom is -0.662 e. The zero-order chi connectivity index (χ0) is 52.3. The molecule has 2 amide bonds. The van der Waals surface area contributed by atoms with Crippen molar-refractivity contribution in [3.63, 3.8) is 0 Å². The molecule has 4 atom stereocenters. The van der Waals surface area contributed by atoms with Gasteiger partial charge in [0.25, 0.3) is 6.47 Å². The predicted octanol–water partition coefficient (Wildman–Crippen LogP) is 2.45.